The summed E-state index contributed by atoms with van der Waals surface area (Å²) in [7, 11) is 0. The molecular weight excluding hydrogens is 1510 g/mol. The minimum Gasteiger partial charge on any atom is -0.310 e. The number of nitrogens with zero attached hydrogens (tertiary/aromatic N) is 4. The molecule has 16 aromatic rings. The third-order valence-corrected chi connectivity index (χ3v) is 23.9. The van der Waals surface area contributed by atoms with Crippen LogP contribution in [-0.4, -0.2) is 15.8 Å². The minimum atomic E-state index is -1.55. The van der Waals surface area contributed by atoms with E-state index in [1.807, 2.05) is 39.0 Å². The standard InChI is InChI=1S/C120H127BN4/c1-112(2,3)79-51-47-74(48-52-79)94-67-85(118(19,20)21)69-96(78-62-83(116(13,14)15)66-84(63-78)117(16,17)18)110(94)124-105-72-87(122-101-43-32-28-39-90(101)91-40-29-33-44-102(91)122)56-59-99(105)121-100-60-57-88(123-103-45-34-30-41-92(103)93-42-31-35-46-104(93)123)73-106(100)125(108-65-77(64-107(124)109(108)121)76-37-36-38-81(61-76)114(7,8)9)111-95(75-49-53-80(54-50-75)113(4,5)6)68-86(119(22,23)24)70-97(111)89-58-55-82(115(10,11)12)71-98(89)120(25,26)27/h28-73H,1-27H3/i28D,29D,30D,31D,32D,33D,34D,35D,39D,40D,41D,42D,43D,44D,45D,46D,47D,48D,49D,50D,51D,52D,53D,54D,55D,58D,62D,63D,66D,67D,68D,69D,70D,71D. The summed E-state index contributed by atoms with van der Waals surface area (Å²) in [6.45, 7) is 46.4. The zero-order valence-electron chi connectivity index (χ0n) is 111. The molecule has 2 aliphatic rings. The van der Waals surface area contributed by atoms with Gasteiger partial charge in [-0.15, -0.1) is 0 Å². The molecule has 0 saturated carbocycles. The molecule has 0 unspecified atom stereocenters. The Morgan fingerprint density at radius 2 is 0.584 bits per heavy atom. The largest absolute Gasteiger partial charge is 0.310 e. The average Bonchev–Trinajstić information content (AvgIpc) is 0.915. The maximum Gasteiger partial charge on any atom is 0.252 e. The summed E-state index contributed by atoms with van der Waals surface area (Å²) in [5.41, 5.74) is -16.3. The Balaban J connectivity index is 1.24. The van der Waals surface area contributed by atoms with E-state index in [1.54, 1.807) is 206 Å². The molecule has 0 bridgehead atoms. The van der Waals surface area contributed by atoms with E-state index in [4.69, 9.17) is 0 Å². The van der Waals surface area contributed by atoms with E-state index in [9.17, 15) is 46.6 Å². The van der Waals surface area contributed by atoms with Crippen molar-refractivity contribution >= 4 is 101 Å². The predicted molar refractivity (Wildman–Crippen MR) is 545 cm³/mol. The van der Waals surface area contributed by atoms with Crippen molar-refractivity contribution in [3.8, 4) is 67.0 Å². The van der Waals surface area contributed by atoms with Crippen molar-refractivity contribution in [1.29, 1.82) is 0 Å². The molecule has 14 aromatic carbocycles. The van der Waals surface area contributed by atoms with E-state index in [0.717, 1.165) is 0 Å². The zero-order valence-corrected chi connectivity index (χ0v) is 76.8. The number of hydrogen-bond acceptors (Lipinski definition) is 2. The van der Waals surface area contributed by atoms with Crippen LogP contribution in [0.4, 0.5) is 34.1 Å². The lowest BCUT2D eigenvalue weighted by Gasteiger charge is -2.46. The van der Waals surface area contributed by atoms with Gasteiger partial charge >= 0.3 is 0 Å². The highest BCUT2D eigenvalue weighted by Crippen LogP contribution is 2.58. The lowest BCUT2D eigenvalue weighted by molar-refractivity contribution is 0.568. The number of benzene rings is 14. The highest BCUT2D eigenvalue weighted by Gasteiger charge is 2.47. The second-order valence-corrected chi connectivity index (χ2v) is 42.9. The summed E-state index contributed by atoms with van der Waals surface area (Å²) in [6, 6.07) is -1.89. The van der Waals surface area contributed by atoms with Gasteiger partial charge in [0.1, 0.15) is 0 Å². The molecule has 630 valence electrons. The Bertz CT molecular complexity index is 8940. The third kappa shape index (κ3) is 14.9. The molecule has 2 aliphatic heterocycles. The van der Waals surface area contributed by atoms with Gasteiger partial charge in [-0.1, -0.05) is 380 Å². The summed E-state index contributed by atoms with van der Waals surface area (Å²) in [4.78, 5) is 3.19. The molecule has 4 heterocycles. The highest BCUT2D eigenvalue weighted by molar-refractivity contribution is 7.00. The summed E-state index contributed by atoms with van der Waals surface area (Å²) in [5, 5.41) is -1.42. The van der Waals surface area contributed by atoms with E-state index >= 15 is 0 Å². The van der Waals surface area contributed by atoms with Gasteiger partial charge in [0.25, 0.3) is 6.71 Å². The van der Waals surface area contributed by atoms with Crippen LogP contribution < -0.4 is 26.2 Å². The monoisotopic (exact) mass is 1670 g/mol. The van der Waals surface area contributed by atoms with Gasteiger partial charge in [0.05, 0.1) is 80.0 Å². The summed E-state index contributed by atoms with van der Waals surface area (Å²) < 4.78 is 359. The SMILES string of the molecule is [2H]c1c([2H])c(C(C)(C)C)c([2H])c([2H])c1-c1c([2H])c(C(C)(C)C)c([2H])c(-c2c([2H])c(C(C)(C)C)c([2H])c(C(C)(C)C)c2[2H])c1N1c2cc(-n3c4c([2H])c([2H])c([2H])c([2H])c4c4c([2H])c([2H])c([2H])c([2H])c43)ccc2B2c3ccc(-n4c5c([2H])c([2H])c([2H])c([2H])c5c5c([2H])c([2H])c([2H])c([2H])c54)cc3N(c3c(-c4c([2H])c([2H])c(C(C)(C)C)c([2H])c4[2H])c([2H])c(C(C)(C)C)c([2H])c3-c3c([2H])c([2H])c(C(C)(C)C)c([2H])c3C(C)(C)C)c3cc(-c4cccc(C(C)(C)C)c4)cc1c32. The Morgan fingerprint density at radius 3 is 0.960 bits per heavy atom. The van der Waals surface area contributed by atoms with Gasteiger partial charge in [-0.25, -0.2) is 0 Å². The van der Waals surface area contributed by atoms with Gasteiger partial charge < -0.3 is 18.9 Å². The predicted octanol–water partition coefficient (Wildman–Crippen LogP) is 32.0. The van der Waals surface area contributed by atoms with Crippen LogP contribution in [0.3, 0.4) is 0 Å². The van der Waals surface area contributed by atoms with E-state index in [0.29, 0.717) is 11.1 Å². The van der Waals surface area contributed by atoms with Crippen LogP contribution in [0.15, 0.2) is 278 Å². The molecule has 0 radical (unpaired) electrons. The van der Waals surface area contributed by atoms with Crippen LogP contribution in [0.25, 0.3) is 111 Å². The van der Waals surface area contributed by atoms with Crippen molar-refractivity contribution in [3.05, 3.63) is 328 Å². The normalized spacial score (nSPS) is 17.5. The summed E-state index contributed by atoms with van der Waals surface area (Å²) in [5.74, 6) is 0. The van der Waals surface area contributed by atoms with Crippen LogP contribution in [0, 0.1) is 0 Å². The number of anilines is 6. The van der Waals surface area contributed by atoms with Gasteiger partial charge in [0.2, 0.25) is 0 Å². The fraction of sp³-hybridized carbons (Fsp3) is 0.300. The molecule has 0 saturated heterocycles. The maximum absolute atomic E-state index is 11.9. The van der Waals surface area contributed by atoms with Crippen LogP contribution >= 0.6 is 0 Å². The number of rotatable bonds is 9. The number of hydrogen-bond donors (Lipinski definition) is 0. The van der Waals surface area contributed by atoms with Crippen LogP contribution in [0.5, 0.6) is 0 Å². The number of aromatic nitrogens is 2. The van der Waals surface area contributed by atoms with E-state index in [-0.39, 0.29) is 173 Å². The van der Waals surface area contributed by atoms with E-state index < -0.39 is 288 Å². The van der Waals surface area contributed by atoms with Crippen molar-refractivity contribution in [2.24, 2.45) is 0 Å². The van der Waals surface area contributed by atoms with Gasteiger partial charge in [0, 0.05) is 77.9 Å². The molecule has 0 atom stereocenters. The maximum atomic E-state index is 11.9. The molecule has 18 rings (SSSR count). The first-order chi connectivity index (χ1) is 72.9. The van der Waals surface area contributed by atoms with Gasteiger partial charge in [-0.2, -0.15) is 0 Å². The summed E-state index contributed by atoms with van der Waals surface area (Å²) >= 11 is 0. The van der Waals surface area contributed by atoms with Crippen molar-refractivity contribution in [2.45, 2.75) is 236 Å². The third-order valence-electron chi connectivity index (χ3n) is 23.9. The lowest BCUT2D eigenvalue weighted by atomic mass is 9.33. The molecule has 5 heteroatoms. The Kier molecular flexibility index (Phi) is 12.5. The quantitative estimate of drug-likeness (QED) is 0.134. The Hall–Kier alpha value is -11.7. The van der Waals surface area contributed by atoms with Gasteiger partial charge in [-0.3, -0.25) is 0 Å². The van der Waals surface area contributed by atoms with Crippen molar-refractivity contribution in [2.75, 3.05) is 9.80 Å². The van der Waals surface area contributed by atoms with Crippen LogP contribution in [0.1, 0.15) is 284 Å². The first-order valence-electron chi connectivity index (χ1n) is 60.0. The van der Waals surface area contributed by atoms with E-state index in [1.165, 1.54) is 33.4 Å². The Labute approximate surface area is 794 Å². The molecule has 2 aromatic heterocycles. The molecule has 0 fully saturated rings. The van der Waals surface area contributed by atoms with Crippen LogP contribution in [-0.2, 0) is 48.7 Å². The Morgan fingerprint density at radius 1 is 0.240 bits per heavy atom. The first kappa shape index (κ1) is 53.0. The smallest absolute Gasteiger partial charge is 0.252 e. The van der Waals surface area contributed by atoms with Gasteiger partial charge in [-0.05, 0) is 233 Å². The average molecular weight is 1670 g/mol. The fourth-order valence-electron chi connectivity index (χ4n) is 16.9. The van der Waals surface area contributed by atoms with Crippen molar-refractivity contribution < 1.29 is 46.6 Å². The molecule has 0 amide bonds. The van der Waals surface area contributed by atoms with Gasteiger partial charge in [0.15, 0.2) is 0 Å². The zero-order chi connectivity index (χ0) is 118. The number of para-hydroxylation sites is 4. The van der Waals surface area contributed by atoms with Crippen molar-refractivity contribution in [1.82, 2.24) is 9.13 Å². The number of fused-ring (bicyclic) bond motifs is 10. The molecular formula is C120H127BN4. The second-order valence-electron chi connectivity index (χ2n) is 42.9. The molecule has 125 heavy (non-hydrogen) atoms. The summed E-state index contributed by atoms with van der Waals surface area (Å²) in [6.07, 6.45) is 0. The second kappa shape index (κ2) is 29.5. The topological polar surface area (TPSA) is 16.3 Å². The molecule has 0 N–H and O–H groups in total. The molecule has 4 nitrogen and oxygen atoms in total. The first-order valence-corrected chi connectivity index (χ1v) is 43.0. The molecule has 0 aliphatic carbocycles. The van der Waals surface area contributed by atoms with E-state index in [2.05, 4.69) is 0 Å². The van der Waals surface area contributed by atoms with Crippen molar-refractivity contribution in [3.63, 3.8) is 0 Å². The lowest BCUT2D eigenvalue weighted by Crippen LogP contribution is -2.61. The van der Waals surface area contributed by atoms with Crippen LogP contribution in [0.2, 0.25) is 0 Å². The minimum absolute atomic E-state index is 0.0536. The molecule has 0 spiro atoms. The highest BCUT2D eigenvalue weighted by atomic mass is 15.2. The fourth-order valence-corrected chi connectivity index (χ4v) is 16.9.